The fraction of sp³-hybridized carbons (Fsp3) is 0.984. The van der Waals surface area contributed by atoms with Crippen LogP contribution in [0.25, 0.3) is 0 Å². The van der Waals surface area contributed by atoms with Gasteiger partial charge in [-0.05, 0) is 98.9 Å². The van der Waals surface area contributed by atoms with Crippen molar-refractivity contribution in [2.75, 3.05) is 133 Å². The zero-order chi connectivity index (χ0) is 98.5. The number of hydrogen-bond donors (Lipinski definition) is 1. The summed E-state index contributed by atoms with van der Waals surface area (Å²) in [5.74, 6) is -0.199. The molecule has 0 aliphatic rings. The van der Waals surface area contributed by atoms with E-state index < -0.39 is 10.8 Å². The Morgan fingerprint density at radius 2 is 0.333 bits per heavy atom. The summed E-state index contributed by atoms with van der Waals surface area (Å²) >= 11 is 3.52. The molecule has 0 saturated carbocycles. The summed E-state index contributed by atoms with van der Waals surface area (Å²) in [6.07, 6.45) is 121. The summed E-state index contributed by atoms with van der Waals surface area (Å²) in [5, 5.41) is 3.73. The Balaban J connectivity index is -0.00000251. The number of unbranched alkanes of at least 4 members (excludes halogenated alkanes) is 82. The van der Waals surface area contributed by atoms with E-state index in [1.807, 2.05) is 14.1 Å². The third-order valence-electron chi connectivity index (χ3n) is 27.9. The lowest BCUT2D eigenvalue weighted by molar-refractivity contribution is -0.157. The van der Waals surface area contributed by atoms with Crippen LogP contribution in [0.15, 0.2) is 0 Å². The Morgan fingerprint density at radius 3 is 0.474 bits per heavy atom. The van der Waals surface area contributed by atoms with Gasteiger partial charge in [-0.2, -0.15) is 0 Å². The first kappa shape index (κ1) is 138. The highest BCUT2D eigenvalue weighted by Gasteiger charge is 2.36. The average Bonchev–Trinajstić information content (AvgIpc) is 0.868. The van der Waals surface area contributed by atoms with Crippen LogP contribution in [0.1, 0.15) is 632 Å². The monoisotopic (exact) mass is 1980 g/mol. The molecule has 0 heterocycles. The molecule has 0 spiro atoms. The maximum absolute atomic E-state index is 13.1. The van der Waals surface area contributed by atoms with Crippen molar-refractivity contribution in [1.82, 2.24) is 10.2 Å². The van der Waals surface area contributed by atoms with Crippen LogP contribution in [0.3, 0.4) is 0 Å². The minimum Gasteiger partial charge on any atom is -0.465 e. The predicted molar refractivity (Wildman–Crippen MR) is 598 cm³/mol. The highest BCUT2D eigenvalue weighted by atomic mass is 79.9. The number of hydrogen-bond acceptors (Lipinski definition) is 12. The smallest absolute Gasteiger partial charge is 0.305 e. The molecule has 0 fully saturated rings. The first-order valence-electron chi connectivity index (χ1n) is 61.1. The quantitative estimate of drug-likeness (QED) is 0.0354. The van der Waals surface area contributed by atoms with Crippen molar-refractivity contribution in [3.05, 3.63) is 0 Å². The van der Waals surface area contributed by atoms with E-state index in [0.717, 1.165) is 129 Å². The Kier molecular flexibility index (Phi) is 127. The van der Waals surface area contributed by atoms with Crippen LogP contribution in [0.2, 0.25) is 0 Å². The van der Waals surface area contributed by atoms with Gasteiger partial charge < -0.3 is 48.1 Å². The topological polar surface area (TPSA) is 123 Å². The minimum absolute atomic E-state index is 0.0971. The van der Waals surface area contributed by atoms with Crippen molar-refractivity contribution in [3.63, 3.8) is 0 Å². The molecule has 0 aromatic carbocycles. The largest absolute Gasteiger partial charge is 0.465 e. The molecule has 812 valence electrons. The van der Waals surface area contributed by atoms with Gasteiger partial charge in [0.25, 0.3) is 0 Å². The fourth-order valence-corrected chi connectivity index (χ4v) is 19.0. The predicted octanol–water partition coefficient (Wildman–Crippen LogP) is 38.9. The van der Waals surface area contributed by atoms with Crippen LogP contribution in [0.4, 0.5) is 0 Å². The number of rotatable bonds is 117. The van der Waals surface area contributed by atoms with Crippen molar-refractivity contribution in [1.29, 1.82) is 0 Å². The first-order chi connectivity index (χ1) is 66.5. The zero-order valence-corrected chi connectivity index (χ0v) is 95.4. The van der Waals surface area contributed by atoms with E-state index in [2.05, 4.69) is 81.8 Å². The molecule has 0 saturated heterocycles. The van der Waals surface area contributed by atoms with Gasteiger partial charge in [-0.1, -0.05) is 571 Å². The number of nitrogens with zero attached hydrogens (tertiary/aromatic N) is 1. The zero-order valence-electron chi connectivity index (χ0n) is 93.8. The highest BCUT2D eigenvalue weighted by molar-refractivity contribution is 9.09. The third kappa shape index (κ3) is 118. The van der Waals surface area contributed by atoms with E-state index >= 15 is 0 Å². The lowest BCUT2D eigenvalue weighted by Gasteiger charge is -2.33. The second-order valence-corrected chi connectivity index (χ2v) is 43.6. The van der Waals surface area contributed by atoms with Crippen LogP contribution in [0, 0.1) is 10.8 Å². The molecule has 0 amide bonds. The van der Waals surface area contributed by atoms with Gasteiger partial charge in [-0.15, -0.1) is 0 Å². The summed E-state index contributed by atoms with van der Waals surface area (Å²) in [5.41, 5.74) is -0.962. The van der Waals surface area contributed by atoms with E-state index in [-0.39, 0.29) is 11.9 Å². The number of esters is 2. The molecule has 0 aliphatic carbocycles. The molecule has 0 aliphatic heterocycles. The molecule has 13 heteroatoms. The minimum atomic E-state index is -0.484. The Hall–Kier alpha value is -0.900. The van der Waals surface area contributed by atoms with Crippen molar-refractivity contribution in [3.8, 4) is 0 Å². The van der Waals surface area contributed by atoms with E-state index in [9.17, 15) is 9.59 Å². The molecular formula is C122H247BrN2O10. The maximum Gasteiger partial charge on any atom is 0.305 e. The van der Waals surface area contributed by atoms with Crippen molar-refractivity contribution in [2.24, 2.45) is 10.8 Å². The normalized spacial score (nSPS) is 11.8. The summed E-state index contributed by atoms with van der Waals surface area (Å²) in [6.45, 7) is 23.0. The van der Waals surface area contributed by atoms with Crippen LogP contribution in [-0.4, -0.2) is 149 Å². The van der Waals surface area contributed by atoms with E-state index in [0.29, 0.717) is 65.7 Å². The number of carbonyl (C=O) groups is 2. The van der Waals surface area contributed by atoms with Crippen LogP contribution >= 0.6 is 15.9 Å². The van der Waals surface area contributed by atoms with E-state index in [1.54, 1.807) is 0 Å². The summed E-state index contributed by atoms with van der Waals surface area (Å²) in [4.78, 5) is 28.3. The summed E-state index contributed by atoms with van der Waals surface area (Å²) in [6, 6.07) is 0. The van der Waals surface area contributed by atoms with Crippen LogP contribution in [0.5, 0.6) is 0 Å². The highest BCUT2D eigenvalue weighted by Crippen LogP contribution is 2.28. The van der Waals surface area contributed by atoms with Gasteiger partial charge >= 0.3 is 11.9 Å². The number of alkyl halides is 1. The standard InChI is InChI=1S/C61H123NO5.C59H117BrO5.C2H7N/c1-6-9-12-15-18-21-24-27-30-33-36-39-42-48-53-64-56-61(59-67-60(63)51-46-45-47-52-62(4)5,57-65-54-49-43-40-37-34-31-28-25-22-19-16-13-10-7-2)58-66-55-50-44-41-38-35-32-29-26-23-20-17-14-11-8-3;1-4-7-10-13-16-19-22-25-28-31-34-37-40-46-51-62-54-59(57-65-58(61)49-44-43-45-50-60,55-63-52-47-41-38-35-32-29-26-23-20-17-14-11-8-5-2)56-64-53-48-42-39-36-33-30-27-24-21-18-15-12-9-6-3;1-3-2/h6-59H2,1-5H3;4-57H2,1-3H3;3H,1-2H3. The second kappa shape index (κ2) is 124. The lowest BCUT2D eigenvalue weighted by Crippen LogP contribution is -2.42. The molecule has 0 radical (unpaired) electrons. The second-order valence-electron chi connectivity index (χ2n) is 42.8. The molecule has 0 atom stereocenters. The molecule has 0 aromatic heterocycles. The Morgan fingerprint density at radius 1 is 0.200 bits per heavy atom. The first-order valence-corrected chi connectivity index (χ1v) is 62.2. The van der Waals surface area contributed by atoms with Crippen molar-refractivity contribution < 1.29 is 47.5 Å². The number of nitrogens with one attached hydrogen (secondary N) is 1. The number of carbonyl (C=O) groups excluding carboxylic acids is 2. The van der Waals surface area contributed by atoms with Crippen LogP contribution < -0.4 is 5.32 Å². The molecule has 1 N–H and O–H groups in total. The van der Waals surface area contributed by atoms with E-state index in [4.69, 9.17) is 37.9 Å². The molecule has 0 unspecified atom stereocenters. The molecule has 135 heavy (non-hydrogen) atoms. The van der Waals surface area contributed by atoms with Gasteiger partial charge in [0.2, 0.25) is 0 Å². The molecule has 0 bridgehead atoms. The fourth-order valence-electron chi connectivity index (χ4n) is 18.7. The summed E-state index contributed by atoms with van der Waals surface area (Å²) < 4.78 is 50.9. The molecular weight excluding hydrogens is 1730 g/mol. The van der Waals surface area contributed by atoms with Gasteiger partial charge in [0, 0.05) is 57.8 Å². The van der Waals surface area contributed by atoms with Gasteiger partial charge in [0.1, 0.15) is 13.2 Å². The SMILES string of the molecule is CCCCCCCCCCCCCCCCOCC(COCCCCCCCCCCCCCCCC)(COCCCCCCCCCCCCCCCC)COC(=O)CCCCCBr.CCCCCCCCCCCCCCCCOCC(COCCCCCCCCCCCCCCCC)(COCCCCCCCCCCCCCCCC)COC(=O)CCCCCN(C)C.CNC. The van der Waals surface area contributed by atoms with E-state index in [1.165, 1.54) is 501 Å². The van der Waals surface area contributed by atoms with Crippen molar-refractivity contribution in [2.45, 2.75) is 632 Å². The van der Waals surface area contributed by atoms with Gasteiger partial charge in [0.15, 0.2) is 0 Å². The Labute approximate surface area is 855 Å². The van der Waals surface area contributed by atoms with Gasteiger partial charge in [0.05, 0.1) is 50.5 Å². The Bertz CT molecular complexity index is 1950. The number of ether oxygens (including phenoxy) is 8. The average molecular weight is 1980 g/mol. The van der Waals surface area contributed by atoms with Gasteiger partial charge in [-0.3, -0.25) is 9.59 Å². The van der Waals surface area contributed by atoms with Gasteiger partial charge in [-0.25, -0.2) is 0 Å². The summed E-state index contributed by atoms with van der Waals surface area (Å²) in [7, 11) is 7.97. The molecule has 0 aromatic rings. The number of halogens is 1. The molecule has 12 nitrogen and oxygen atoms in total. The molecule has 0 rings (SSSR count). The lowest BCUT2D eigenvalue weighted by atomic mass is 9.92. The maximum atomic E-state index is 13.1. The van der Waals surface area contributed by atoms with Crippen molar-refractivity contribution >= 4 is 27.9 Å². The van der Waals surface area contributed by atoms with Crippen LogP contribution in [-0.2, 0) is 47.5 Å². The third-order valence-corrected chi connectivity index (χ3v) is 28.4.